The van der Waals surface area contributed by atoms with Crippen molar-refractivity contribution in [3.63, 3.8) is 0 Å². The number of benzene rings is 1. The summed E-state index contributed by atoms with van der Waals surface area (Å²) < 4.78 is 77.6. The molecular formula is C113H165BrN6O20. The average molecular weight is 2010 g/mol. The number of aryl methyl sites for hydroxylation is 4. The molecule has 18 atom stereocenters. The van der Waals surface area contributed by atoms with Gasteiger partial charge < -0.3 is 77.3 Å². The number of Topliss-reactive ketones (excluding diaryl/α,β-unsaturated/α-hetero) is 3. The van der Waals surface area contributed by atoms with E-state index in [0.717, 1.165) is 302 Å². The highest BCUT2D eigenvalue weighted by atomic mass is 79.9. The zero-order valence-corrected chi connectivity index (χ0v) is 87.8. The van der Waals surface area contributed by atoms with Crippen molar-refractivity contribution < 1.29 is 96.4 Å². The summed E-state index contributed by atoms with van der Waals surface area (Å²) >= 11 is 3.69. The van der Waals surface area contributed by atoms with Crippen LogP contribution in [0.15, 0.2) is 64.6 Å². The van der Waals surface area contributed by atoms with Crippen LogP contribution in [0.4, 0.5) is 0 Å². The molecule has 6 aliphatic heterocycles. The van der Waals surface area contributed by atoms with Gasteiger partial charge in [0, 0.05) is 185 Å². The van der Waals surface area contributed by atoms with Crippen LogP contribution in [0.3, 0.4) is 0 Å². The predicted octanol–water partition coefficient (Wildman–Crippen LogP) is 19.4. The monoisotopic (exact) mass is 2010 g/mol. The van der Waals surface area contributed by atoms with Crippen LogP contribution in [-0.2, 0) is 133 Å². The number of ketones is 4. The molecule has 3 aromatic heterocycles. The molecule has 774 valence electrons. The number of carbonyl (C=O) groups is 4. The zero-order valence-electron chi connectivity index (χ0n) is 86.2. The maximum Gasteiger partial charge on any atom is 0.168 e. The van der Waals surface area contributed by atoms with Gasteiger partial charge in [-0.15, -0.1) is 0 Å². The summed E-state index contributed by atoms with van der Waals surface area (Å²) in [6.45, 7) is 26.7. The van der Waals surface area contributed by atoms with Gasteiger partial charge in [-0.05, 0) is 240 Å². The molecule has 6 saturated heterocycles. The summed E-state index contributed by atoms with van der Waals surface area (Å²) in [6, 6.07) is 10.7. The lowest BCUT2D eigenvalue weighted by atomic mass is 9.57. The number of halogens is 1. The lowest BCUT2D eigenvalue weighted by molar-refractivity contribution is -0.223. The lowest BCUT2D eigenvalue weighted by Gasteiger charge is -2.52. The first-order valence-corrected chi connectivity index (χ1v) is 55.5. The van der Waals surface area contributed by atoms with Gasteiger partial charge in [0.05, 0.1) is 127 Å². The maximum atomic E-state index is 12.4. The van der Waals surface area contributed by atoms with E-state index in [1.165, 1.54) is 76.3 Å². The Hall–Kier alpha value is -5.31. The Bertz CT molecular complexity index is 5140. The van der Waals surface area contributed by atoms with E-state index >= 15 is 0 Å². The van der Waals surface area contributed by atoms with Gasteiger partial charge in [-0.3, -0.25) is 33.2 Å². The molecule has 22 aliphatic rings. The topological polar surface area (TPSA) is 313 Å². The highest BCUT2D eigenvalue weighted by Crippen LogP contribution is 2.63. The van der Waals surface area contributed by atoms with E-state index in [-0.39, 0.29) is 102 Å². The van der Waals surface area contributed by atoms with Crippen molar-refractivity contribution in [1.29, 1.82) is 0 Å². The molecule has 0 amide bonds. The van der Waals surface area contributed by atoms with Gasteiger partial charge in [-0.25, -0.2) is 0 Å². The van der Waals surface area contributed by atoms with Gasteiger partial charge in [-0.1, -0.05) is 104 Å². The van der Waals surface area contributed by atoms with E-state index in [2.05, 4.69) is 113 Å². The molecule has 4 aromatic rings. The summed E-state index contributed by atoms with van der Waals surface area (Å²) in [6.07, 6.45) is 46.7. The van der Waals surface area contributed by atoms with Crippen molar-refractivity contribution in [1.82, 2.24) is 29.3 Å². The van der Waals surface area contributed by atoms with Crippen molar-refractivity contribution in [3.05, 3.63) is 98.4 Å². The number of aliphatic hydroxyl groups excluding tert-OH is 4. The normalized spacial score (nSPS) is 38.8. The lowest BCUT2D eigenvalue weighted by Crippen LogP contribution is -2.51. The van der Waals surface area contributed by atoms with Crippen LogP contribution in [0.2, 0.25) is 0 Å². The third-order valence-corrected chi connectivity index (χ3v) is 41.7. The van der Waals surface area contributed by atoms with E-state index < -0.39 is 5.79 Å². The second kappa shape index (κ2) is 40.6. The first-order valence-electron chi connectivity index (χ1n) is 54.7. The van der Waals surface area contributed by atoms with Crippen molar-refractivity contribution in [2.45, 2.75) is 401 Å². The third-order valence-electron chi connectivity index (χ3n) is 40.7. The number of hydrogen-bond donors (Lipinski definition) is 4. The Labute approximate surface area is 839 Å². The number of fused-ring (bicyclic) bond motifs is 14. The third kappa shape index (κ3) is 19.6. The molecule has 12 saturated carbocycles. The van der Waals surface area contributed by atoms with E-state index in [1.54, 1.807) is 6.08 Å². The standard InChI is InChI=1S/C21H26N2O2.C15H21BrN2O2.C15H22N2O2.C14H20O4.C13H22O3.C13H20O3.C11H18O2.C11H16O2/c1-20-10-11-21(24-12-13-25-21)14-16(20)8-9-17-18(23(2)22-19(17)20)15-6-4-3-5-7-15;1-14-5-6-15(19-7-8-20-15)9-10(14)3-4-11-12(14)17-18(2)13(11)16;1-14-5-6-15(18-7-8-19-15)9-12(14)4-3-11-10-17(2)16-13(11)14;1-13-4-5-14(17-6-7-18-14)8-11(13)3-2-10(9-15)12(13)16;2*1-12-5-6-13(15-7-8-16-13)9-10(12)3-2-4-11(12)14;2*1-11-6-5-9(12)7-8(11)3-2-4-10(11)13/h3-7,16H,8-14H2,1-2H3;10H,3-9H2,1-2H3;10,12H,3-9H2,1-2H3;9,11,15H,2-8H2,1H3;10-11,14H,2-9H2,1H3;10H,2-9H2,1H3;8,10,13H,2-7H2,1H3;7,10,13H,2-6H2,1H3/b;;;10-9+;;;;/t16-,20-;10-,14-;12-,14-;11-,13-;10-,11-,12-;10-,12-;8-,10-,11-;10-,11-/m00000000/s1. The van der Waals surface area contributed by atoms with E-state index in [9.17, 15) is 34.5 Å². The SMILES string of the molecule is C[C@]12CCC(=O)C=C1CCC[C@@H]2O.C[C@]12CCC(=O)C[C@@H]1CCC[C@@H]2O.C[C@]12CCC3(C[C@@H]1CC/C(=C\O)C2=O)OCCO3.C[C@]12CCC3(C[C@@H]1CCCC2=O)OCCO3.C[C@]12CCC3(C[C@@H]1CCC[C@@H]2O)OCCO3.Cn1cc2c(n1)[C@@]1(C)CCC3(C[C@@H]1CC2)OCCO3.Cn1nc2c(c1-c1ccccc1)CC[C@H]1CC3(CC[C@]21C)OCCO3.Cn1nc2c(c1Br)CC[C@H]1CC3(CC[C@]21C)OCCO3. The Morgan fingerprint density at radius 2 is 0.779 bits per heavy atom. The fourth-order valence-corrected chi connectivity index (χ4v) is 31.5. The summed E-state index contributed by atoms with van der Waals surface area (Å²) in [5.74, 6) is 2.97. The zero-order chi connectivity index (χ0) is 98.3. The molecule has 0 unspecified atom stereocenters. The van der Waals surface area contributed by atoms with Gasteiger partial charge in [0.2, 0.25) is 0 Å². The number of allylic oxidation sites excluding steroid dienone is 2. The van der Waals surface area contributed by atoms with Crippen molar-refractivity contribution >= 4 is 39.1 Å². The molecular weight excluding hydrogens is 1840 g/mol. The highest BCUT2D eigenvalue weighted by Gasteiger charge is 2.62. The fourth-order valence-electron chi connectivity index (χ4n) is 31.0. The second-order valence-corrected chi connectivity index (χ2v) is 49.2. The fraction of sp³-hybridized carbons (Fsp3) is 0.796. The van der Waals surface area contributed by atoms with Crippen LogP contribution in [-0.4, -0.2) is 205 Å². The molecule has 26 rings (SSSR count). The van der Waals surface area contributed by atoms with E-state index in [0.29, 0.717) is 97.5 Å². The predicted molar refractivity (Wildman–Crippen MR) is 530 cm³/mol. The molecule has 9 heterocycles. The Balaban J connectivity index is 0.000000103. The molecule has 1 aromatic carbocycles. The van der Waals surface area contributed by atoms with Gasteiger partial charge in [0.15, 0.2) is 46.3 Å². The van der Waals surface area contributed by atoms with Crippen molar-refractivity contribution in [3.8, 4) is 11.3 Å². The number of rotatable bonds is 1. The van der Waals surface area contributed by atoms with Crippen LogP contribution in [0.1, 0.15) is 346 Å². The molecule has 16 aliphatic carbocycles. The van der Waals surface area contributed by atoms with Crippen molar-refractivity contribution in [2.24, 2.45) is 89.6 Å². The van der Waals surface area contributed by atoms with Crippen LogP contribution < -0.4 is 0 Å². The van der Waals surface area contributed by atoms with Crippen LogP contribution in [0, 0.1) is 68.5 Å². The Kier molecular flexibility index (Phi) is 30.0. The number of aliphatic hydroxyl groups is 4. The quantitative estimate of drug-likeness (QED) is 0.102. The molecule has 0 bridgehead atoms. The number of hydrogen-bond acceptors (Lipinski definition) is 23. The Morgan fingerprint density at radius 3 is 1.30 bits per heavy atom. The van der Waals surface area contributed by atoms with E-state index in [4.69, 9.17) is 77.2 Å². The smallest absolute Gasteiger partial charge is 0.168 e. The minimum absolute atomic E-state index is 0.0478. The number of nitrogens with zero attached hydrogens (tertiary/aromatic N) is 6. The molecule has 27 heteroatoms. The number of carbonyl (C=O) groups excluding carboxylic acids is 4. The number of aromatic nitrogens is 6. The first-order chi connectivity index (χ1) is 66.9. The average Bonchev–Trinajstić information content (AvgIpc) is 1.55. The molecule has 4 N–H and O–H groups in total. The summed E-state index contributed by atoms with van der Waals surface area (Å²) in [5, 5.41) is 53.8. The largest absolute Gasteiger partial charge is 0.515 e. The highest BCUT2D eigenvalue weighted by molar-refractivity contribution is 9.10. The van der Waals surface area contributed by atoms with Gasteiger partial charge in [0.1, 0.15) is 16.2 Å². The second-order valence-electron chi connectivity index (χ2n) is 48.5. The Morgan fingerprint density at radius 1 is 0.371 bits per heavy atom. The van der Waals surface area contributed by atoms with Gasteiger partial charge in [0.25, 0.3) is 0 Å². The maximum absolute atomic E-state index is 12.4. The van der Waals surface area contributed by atoms with Crippen LogP contribution >= 0.6 is 15.9 Å². The van der Waals surface area contributed by atoms with Crippen LogP contribution in [0.25, 0.3) is 11.3 Å². The molecule has 6 spiro atoms. The molecule has 0 radical (unpaired) electrons. The van der Waals surface area contributed by atoms with Crippen LogP contribution in [0.5, 0.6) is 0 Å². The first kappa shape index (κ1) is 103. The molecule has 18 fully saturated rings. The summed E-state index contributed by atoms with van der Waals surface area (Å²) in [5.41, 5.74) is 12.8. The van der Waals surface area contributed by atoms with Gasteiger partial charge >= 0.3 is 0 Å². The number of ether oxygens (including phenoxy) is 12. The van der Waals surface area contributed by atoms with E-state index in [1.807, 2.05) is 30.4 Å². The van der Waals surface area contributed by atoms with Crippen molar-refractivity contribution in [2.75, 3.05) is 79.3 Å². The minimum atomic E-state index is -0.426. The minimum Gasteiger partial charge on any atom is -0.515 e. The molecule has 26 nitrogen and oxygen atoms in total. The summed E-state index contributed by atoms with van der Waals surface area (Å²) in [7, 11) is 6.14. The molecule has 140 heavy (non-hydrogen) atoms. The summed E-state index contributed by atoms with van der Waals surface area (Å²) in [4.78, 5) is 47.0. The van der Waals surface area contributed by atoms with Gasteiger partial charge in [-0.2, -0.15) is 15.3 Å².